The smallest absolute Gasteiger partial charge is 0.257 e. The first-order valence-corrected chi connectivity index (χ1v) is 9.64. The maximum atomic E-state index is 13.0. The number of hydrogen-bond acceptors (Lipinski definition) is 4. The number of piperidine rings is 1. The molecule has 5 nitrogen and oxygen atoms in total. The Morgan fingerprint density at radius 1 is 1.22 bits per heavy atom. The van der Waals surface area contributed by atoms with E-state index in [1.54, 1.807) is 32.5 Å². The van der Waals surface area contributed by atoms with E-state index in [-0.39, 0.29) is 17.1 Å². The zero-order chi connectivity index (χ0) is 19.2. The largest absolute Gasteiger partial charge is 0.493 e. The Morgan fingerprint density at radius 3 is 2.78 bits per heavy atom. The van der Waals surface area contributed by atoms with E-state index in [2.05, 4.69) is 4.98 Å². The van der Waals surface area contributed by atoms with E-state index in [1.807, 2.05) is 23.1 Å². The average molecular weight is 389 g/mol. The highest BCUT2D eigenvalue weighted by Gasteiger charge is 2.28. The monoisotopic (exact) mass is 388 g/mol. The molecule has 1 aliphatic heterocycles. The van der Waals surface area contributed by atoms with Gasteiger partial charge in [-0.05, 0) is 61.9 Å². The lowest BCUT2D eigenvalue weighted by atomic mass is 9.95. The number of likely N-dealkylation sites (tertiary alicyclic amines) is 1. The summed E-state index contributed by atoms with van der Waals surface area (Å²) in [7, 11) is 3.27. The molecule has 1 saturated heterocycles. The van der Waals surface area contributed by atoms with Crippen molar-refractivity contribution in [2.24, 2.45) is 0 Å². The van der Waals surface area contributed by atoms with Crippen molar-refractivity contribution >= 4 is 17.5 Å². The summed E-state index contributed by atoms with van der Waals surface area (Å²) < 4.78 is 10.7. The minimum absolute atomic E-state index is 0.0230. The summed E-state index contributed by atoms with van der Waals surface area (Å²) in [5, 5.41) is 0.270. The van der Waals surface area contributed by atoms with Crippen LogP contribution in [0.3, 0.4) is 0 Å². The molecule has 144 valence electrons. The highest BCUT2D eigenvalue weighted by molar-refractivity contribution is 6.32. The van der Waals surface area contributed by atoms with Crippen LogP contribution in [-0.4, -0.2) is 42.6 Å². The molecule has 1 amide bonds. The molecule has 6 heteroatoms. The molecule has 1 unspecified atom stereocenters. The number of pyridine rings is 1. The van der Waals surface area contributed by atoms with Gasteiger partial charge in [0.2, 0.25) is 0 Å². The molecule has 0 saturated carbocycles. The SMILES string of the molecule is COc1ccc(CCC2CCCCN2C(=O)c2cccnc2Cl)cc1OC. The molecule has 2 aromatic rings. The number of aryl methyl sites for hydroxylation is 1. The Morgan fingerprint density at radius 2 is 2.04 bits per heavy atom. The van der Waals surface area contributed by atoms with Crippen molar-refractivity contribution < 1.29 is 14.3 Å². The first-order chi connectivity index (χ1) is 13.1. The van der Waals surface area contributed by atoms with E-state index in [9.17, 15) is 4.79 Å². The predicted octanol–water partition coefficient (Wildman–Crippen LogP) is 4.38. The van der Waals surface area contributed by atoms with E-state index in [1.165, 1.54) is 5.56 Å². The number of hydrogen-bond donors (Lipinski definition) is 0. The summed E-state index contributed by atoms with van der Waals surface area (Å²) >= 11 is 6.14. The van der Waals surface area contributed by atoms with Gasteiger partial charge < -0.3 is 14.4 Å². The number of amides is 1. The van der Waals surface area contributed by atoms with Gasteiger partial charge in [0.05, 0.1) is 19.8 Å². The fraction of sp³-hybridized carbons (Fsp3) is 0.429. The van der Waals surface area contributed by atoms with E-state index in [4.69, 9.17) is 21.1 Å². The van der Waals surface area contributed by atoms with Gasteiger partial charge in [0.1, 0.15) is 5.15 Å². The molecule has 2 heterocycles. The Labute approximate surface area is 165 Å². The zero-order valence-corrected chi connectivity index (χ0v) is 16.5. The quantitative estimate of drug-likeness (QED) is 0.689. The Kier molecular flexibility index (Phi) is 6.56. The third-order valence-corrected chi connectivity index (χ3v) is 5.39. The summed E-state index contributed by atoms with van der Waals surface area (Å²) in [4.78, 5) is 19.0. The molecule has 1 aromatic heterocycles. The summed E-state index contributed by atoms with van der Waals surface area (Å²) in [6.45, 7) is 0.765. The minimum Gasteiger partial charge on any atom is -0.493 e. The molecule has 3 rings (SSSR count). The number of methoxy groups -OCH3 is 2. The van der Waals surface area contributed by atoms with Crippen LogP contribution in [0.25, 0.3) is 0 Å². The molecule has 1 atom stereocenters. The van der Waals surface area contributed by atoms with Gasteiger partial charge in [-0.25, -0.2) is 4.98 Å². The van der Waals surface area contributed by atoms with Gasteiger partial charge in [-0.2, -0.15) is 0 Å². The fourth-order valence-electron chi connectivity index (χ4n) is 3.64. The van der Waals surface area contributed by atoms with Crippen LogP contribution in [0, 0.1) is 0 Å². The second kappa shape index (κ2) is 9.09. The van der Waals surface area contributed by atoms with Gasteiger partial charge >= 0.3 is 0 Å². The maximum absolute atomic E-state index is 13.0. The van der Waals surface area contributed by atoms with Gasteiger partial charge in [-0.1, -0.05) is 17.7 Å². The van der Waals surface area contributed by atoms with E-state index in [0.717, 1.165) is 50.1 Å². The molecule has 27 heavy (non-hydrogen) atoms. The molecular weight excluding hydrogens is 364 g/mol. The van der Waals surface area contributed by atoms with Gasteiger partial charge in [0.15, 0.2) is 11.5 Å². The van der Waals surface area contributed by atoms with Crippen LogP contribution in [0.15, 0.2) is 36.5 Å². The first kappa shape index (κ1) is 19.5. The van der Waals surface area contributed by atoms with E-state index < -0.39 is 0 Å². The summed E-state index contributed by atoms with van der Waals surface area (Å²) in [6.07, 6.45) is 6.55. The number of aromatic nitrogens is 1. The van der Waals surface area contributed by atoms with Crippen LogP contribution < -0.4 is 9.47 Å². The Hall–Kier alpha value is -2.27. The number of benzene rings is 1. The third kappa shape index (κ3) is 4.53. The minimum atomic E-state index is -0.0230. The normalized spacial score (nSPS) is 16.9. The number of rotatable bonds is 6. The molecule has 0 aliphatic carbocycles. The van der Waals surface area contributed by atoms with Gasteiger partial charge in [0, 0.05) is 18.8 Å². The summed E-state index contributed by atoms with van der Waals surface area (Å²) in [6, 6.07) is 9.68. The third-order valence-electron chi connectivity index (χ3n) is 5.09. The van der Waals surface area contributed by atoms with Crippen LogP contribution in [-0.2, 0) is 6.42 Å². The van der Waals surface area contributed by atoms with Crippen molar-refractivity contribution in [3.05, 3.63) is 52.8 Å². The van der Waals surface area contributed by atoms with Crippen molar-refractivity contribution in [1.29, 1.82) is 0 Å². The molecule has 1 aromatic carbocycles. The molecule has 0 N–H and O–H groups in total. The number of nitrogens with zero attached hydrogens (tertiary/aromatic N) is 2. The van der Waals surface area contributed by atoms with Crippen LogP contribution in [0.1, 0.15) is 41.6 Å². The van der Waals surface area contributed by atoms with Crippen molar-refractivity contribution in [3.63, 3.8) is 0 Å². The topological polar surface area (TPSA) is 51.7 Å². The lowest BCUT2D eigenvalue weighted by Crippen LogP contribution is -2.44. The molecule has 0 radical (unpaired) electrons. The van der Waals surface area contributed by atoms with Gasteiger partial charge in [-0.15, -0.1) is 0 Å². The molecule has 1 fully saturated rings. The number of carbonyl (C=O) groups is 1. The van der Waals surface area contributed by atoms with Crippen molar-refractivity contribution in [2.75, 3.05) is 20.8 Å². The van der Waals surface area contributed by atoms with Crippen LogP contribution in [0.4, 0.5) is 0 Å². The lowest BCUT2D eigenvalue weighted by Gasteiger charge is -2.36. The Balaban J connectivity index is 1.71. The van der Waals surface area contributed by atoms with E-state index in [0.29, 0.717) is 5.56 Å². The number of carbonyl (C=O) groups excluding carboxylic acids is 1. The van der Waals surface area contributed by atoms with Crippen LogP contribution >= 0.6 is 11.6 Å². The van der Waals surface area contributed by atoms with Gasteiger partial charge in [0.25, 0.3) is 5.91 Å². The maximum Gasteiger partial charge on any atom is 0.257 e. The second-order valence-corrected chi connectivity index (χ2v) is 7.08. The summed E-state index contributed by atoms with van der Waals surface area (Å²) in [5.74, 6) is 1.43. The standard InChI is InChI=1S/C21H25ClN2O3/c1-26-18-11-9-15(14-19(18)27-2)8-10-16-6-3-4-13-24(16)21(25)17-7-5-12-23-20(17)22/h5,7,9,11-12,14,16H,3-4,6,8,10,13H2,1-2H3. The highest BCUT2D eigenvalue weighted by Crippen LogP contribution is 2.30. The van der Waals surface area contributed by atoms with Crippen molar-refractivity contribution in [2.45, 2.75) is 38.1 Å². The summed E-state index contributed by atoms with van der Waals surface area (Å²) in [5.41, 5.74) is 1.65. The van der Waals surface area contributed by atoms with E-state index >= 15 is 0 Å². The first-order valence-electron chi connectivity index (χ1n) is 9.26. The molecule has 0 bridgehead atoms. The fourth-order valence-corrected chi connectivity index (χ4v) is 3.84. The molecule has 0 spiro atoms. The van der Waals surface area contributed by atoms with Crippen molar-refractivity contribution in [3.8, 4) is 11.5 Å². The average Bonchev–Trinajstić information content (AvgIpc) is 2.72. The van der Waals surface area contributed by atoms with Crippen LogP contribution in [0.2, 0.25) is 5.15 Å². The second-order valence-electron chi connectivity index (χ2n) is 6.72. The number of halogens is 1. The zero-order valence-electron chi connectivity index (χ0n) is 15.8. The molecular formula is C21H25ClN2O3. The lowest BCUT2D eigenvalue weighted by molar-refractivity contribution is 0.0601. The van der Waals surface area contributed by atoms with Crippen molar-refractivity contribution in [1.82, 2.24) is 9.88 Å². The highest BCUT2D eigenvalue weighted by atomic mass is 35.5. The Bertz CT molecular complexity index is 797. The molecule has 1 aliphatic rings. The number of ether oxygens (including phenoxy) is 2. The van der Waals surface area contributed by atoms with Gasteiger partial charge in [-0.3, -0.25) is 4.79 Å². The predicted molar refractivity (Wildman–Crippen MR) is 106 cm³/mol. The van der Waals surface area contributed by atoms with Crippen LogP contribution in [0.5, 0.6) is 11.5 Å².